The molecule has 0 radical (unpaired) electrons. The minimum Gasteiger partial charge on any atom is -0.489 e. The molecule has 0 unspecified atom stereocenters. The summed E-state index contributed by atoms with van der Waals surface area (Å²) in [5.74, 6) is 0.835. The van der Waals surface area contributed by atoms with Crippen molar-refractivity contribution in [2.45, 2.75) is 45.9 Å². The number of hydrogen-bond acceptors (Lipinski definition) is 7. The fourth-order valence-electron chi connectivity index (χ4n) is 5.65. The van der Waals surface area contributed by atoms with E-state index in [1.807, 2.05) is 79.4 Å². The molecule has 0 amide bonds. The zero-order chi connectivity index (χ0) is 32.8. The molecule has 0 aliphatic carbocycles. The molecule has 4 aromatic heterocycles. The van der Waals surface area contributed by atoms with Gasteiger partial charge in [0.05, 0.1) is 22.8 Å². The van der Waals surface area contributed by atoms with E-state index in [9.17, 15) is 0 Å². The molecule has 240 valence electrons. The van der Waals surface area contributed by atoms with E-state index in [2.05, 4.69) is 103 Å². The van der Waals surface area contributed by atoms with Crippen LogP contribution in [0.2, 0.25) is 0 Å². The molecular formula is C41H40N6O. The van der Waals surface area contributed by atoms with E-state index in [0.717, 1.165) is 50.8 Å². The molecule has 0 bridgehead atoms. The van der Waals surface area contributed by atoms with Gasteiger partial charge in [0.15, 0.2) is 0 Å². The van der Waals surface area contributed by atoms with Crippen LogP contribution in [0.5, 0.6) is 5.75 Å². The Hall–Kier alpha value is -5.50. The maximum Gasteiger partial charge on any atom is 0.120 e. The predicted molar refractivity (Wildman–Crippen MR) is 190 cm³/mol. The van der Waals surface area contributed by atoms with Gasteiger partial charge in [0, 0.05) is 64.1 Å². The number of ether oxygens (including phenoxy) is 1. The van der Waals surface area contributed by atoms with Gasteiger partial charge in [-0.25, -0.2) is 0 Å². The van der Waals surface area contributed by atoms with Crippen molar-refractivity contribution in [3.8, 4) is 5.75 Å². The Balaban J connectivity index is 1.29. The first-order chi connectivity index (χ1) is 23.7. The number of nitrogens with zero attached hydrogens (tertiary/aromatic N) is 6. The smallest absolute Gasteiger partial charge is 0.120 e. The topological polar surface area (TPSA) is 67.3 Å². The number of pyridine rings is 4. The Bertz CT molecular complexity index is 1650. The first-order valence-electron chi connectivity index (χ1n) is 16.2. The third kappa shape index (κ3) is 10.00. The summed E-state index contributed by atoms with van der Waals surface area (Å²) < 4.78 is 6.47. The van der Waals surface area contributed by atoms with Crippen LogP contribution in [0.25, 0.3) is 6.08 Å². The molecule has 4 heterocycles. The first-order valence-corrected chi connectivity index (χ1v) is 16.2. The Morgan fingerprint density at radius 3 is 1.25 bits per heavy atom. The average Bonchev–Trinajstić information content (AvgIpc) is 3.12. The largest absolute Gasteiger partial charge is 0.489 e. The van der Waals surface area contributed by atoms with Crippen molar-refractivity contribution in [2.24, 2.45) is 0 Å². The molecule has 0 fully saturated rings. The van der Waals surface area contributed by atoms with Crippen molar-refractivity contribution < 1.29 is 4.74 Å². The zero-order valence-electron chi connectivity index (χ0n) is 27.1. The summed E-state index contributed by atoms with van der Waals surface area (Å²) in [6, 6.07) is 39.1. The standard InChI is InChI=1S/C41H40N6O/c1-2-33-15-17-34(18-16-33)32-48-41-24-35(26-46(28-37-11-3-7-19-42-37)29-38-12-4-8-20-43-38)23-36(25-41)27-47(30-39-13-5-9-21-44-39)31-40-14-6-10-22-45-40/h2-25H,1,26-32H2. The molecule has 0 aliphatic heterocycles. The van der Waals surface area contributed by atoms with E-state index >= 15 is 0 Å². The second kappa shape index (κ2) is 16.9. The second-order valence-corrected chi connectivity index (χ2v) is 11.8. The Morgan fingerprint density at radius 2 is 0.896 bits per heavy atom. The Labute approximate surface area is 283 Å². The molecule has 0 spiro atoms. The lowest BCUT2D eigenvalue weighted by Crippen LogP contribution is -2.25. The highest BCUT2D eigenvalue weighted by Gasteiger charge is 2.15. The van der Waals surface area contributed by atoms with Crippen LogP contribution in [0.3, 0.4) is 0 Å². The highest BCUT2D eigenvalue weighted by atomic mass is 16.5. The van der Waals surface area contributed by atoms with E-state index in [4.69, 9.17) is 4.74 Å². The van der Waals surface area contributed by atoms with Crippen LogP contribution in [0.15, 0.2) is 147 Å². The summed E-state index contributed by atoms with van der Waals surface area (Å²) in [6.45, 7) is 8.51. The number of hydrogen-bond donors (Lipinski definition) is 0. The second-order valence-electron chi connectivity index (χ2n) is 11.8. The van der Waals surface area contributed by atoms with Gasteiger partial charge in [0.1, 0.15) is 12.4 Å². The fourth-order valence-corrected chi connectivity index (χ4v) is 5.65. The summed E-state index contributed by atoms with van der Waals surface area (Å²) in [4.78, 5) is 23.2. The normalized spacial score (nSPS) is 11.1. The molecule has 0 atom stereocenters. The molecule has 0 aliphatic rings. The third-order valence-corrected chi connectivity index (χ3v) is 7.91. The SMILES string of the molecule is C=Cc1ccc(COc2cc(CN(Cc3ccccn3)Cc3ccccn3)cc(CN(Cc3ccccn3)Cc3ccccn3)c2)cc1. The zero-order valence-corrected chi connectivity index (χ0v) is 27.1. The Kier molecular flexibility index (Phi) is 11.4. The molecule has 48 heavy (non-hydrogen) atoms. The van der Waals surface area contributed by atoms with Gasteiger partial charge in [-0.2, -0.15) is 0 Å². The number of aromatic nitrogens is 4. The van der Waals surface area contributed by atoms with E-state index in [-0.39, 0.29) is 0 Å². The van der Waals surface area contributed by atoms with Crippen LogP contribution in [0.1, 0.15) is 45.0 Å². The van der Waals surface area contributed by atoms with Gasteiger partial charge in [-0.1, -0.05) is 67.3 Å². The van der Waals surface area contributed by atoms with E-state index < -0.39 is 0 Å². The molecule has 0 saturated carbocycles. The number of rotatable bonds is 16. The van der Waals surface area contributed by atoms with Gasteiger partial charge in [0.2, 0.25) is 0 Å². The maximum atomic E-state index is 6.47. The molecule has 6 rings (SSSR count). The minimum atomic E-state index is 0.470. The third-order valence-electron chi connectivity index (χ3n) is 7.91. The van der Waals surface area contributed by atoms with Gasteiger partial charge in [-0.05, 0) is 82.9 Å². The highest BCUT2D eigenvalue weighted by Crippen LogP contribution is 2.24. The van der Waals surface area contributed by atoms with Crippen LogP contribution in [-0.2, 0) is 45.9 Å². The van der Waals surface area contributed by atoms with Crippen molar-refractivity contribution in [2.75, 3.05) is 0 Å². The summed E-state index contributed by atoms with van der Waals surface area (Å²) >= 11 is 0. The molecule has 7 nitrogen and oxygen atoms in total. The lowest BCUT2D eigenvalue weighted by molar-refractivity contribution is 0.236. The van der Waals surface area contributed by atoms with Crippen LogP contribution in [0, 0.1) is 0 Å². The molecule has 7 heteroatoms. The van der Waals surface area contributed by atoms with Crippen molar-refractivity contribution >= 4 is 6.08 Å². The predicted octanol–water partition coefficient (Wildman–Crippen LogP) is 7.89. The Morgan fingerprint density at radius 1 is 0.479 bits per heavy atom. The van der Waals surface area contributed by atoms with Gasteiger partial charge >= 0.3 is 0 Å². The van der Waals surface area contributed by atoms with E-state index in [1.165, 1.54) is 0 Å². The van der Waals surface area contributed by atoms with Gasteiger partial charge in [-0.3, -0.25) is 29.7 Å². The quantitative estimate of drug-likeness (QED) is 0.108. The summed E-state index contributed by atoms with van der Waals surface area (Å²) in [7, 11) is 0. The monoisotopic (exact) mass is 632 g/mol. The maximum absolute atomic E-state index is 6.47. The van der Waals surface area contributed by atoms with Crippen molar-refractivity contribution in [1.29, 1.82) is 0 Å². The lowest BCUT2D eigenvalue weighted by atomic mass is 10.1. The molecule has 0 saturated heterocycles. The van der Waals surface area contributed by atoms with Crippen LogP contribution in [0.4, 0.5) is 0 Å². The van der Waals surface area contributed by atoms with Crippen molar-refractivity contribution in [1.82, 2.24) is 29.7 Å². The minimum absolute atomic E-state index is 0.470. The number of benzene rings is 2. The van der Waals surface area contributed by atoms with Gasteiger partial charge in [0.25, 0.3) is 0 Å². The summed E-state index contributed by atoms with van der Waals surface area (Å²) in [5, 5.41) is 0. The van der Waals surface area contributed by atoms with Crippen LogP contribution >= 0.6 is 0 Å². The lowest BCUT2D eigenvalue weighted by Gasteiger charge is -2.25. The molecular weight excluding hydrogens is 592 g/mol. The van der Waals surface area contributed by atoms with Crippen molar-refractivity contribution in [3.63, 3.8) is 0 Å². The molecule has 0 N–H and O–H groups in total. The summed E-state index contributed by atoms with van der Waals surface area (Å²) in [6.07, 6.45) is 9.24. The van der Waals surface area contributed by atoms with Crippen LogP contribution < -0.4 is 4.74 Å². The average molecular weight is 633 g/mol. The fraction of sp³-hybridized carbons (Fsp3) is 0.171. The van der Waals surface area contributed by atoms with Gasteiger partial charge in [-0.15, -0.1) is 0 Å². The van der Waals surface area contributed by atoms with E-state index in [0.29, 0.717) is 45.9 Å². The summed E-state index contributed by atoms with van der Waals surface area (Å²) in [5.41, 5.74) is 8.57. The van der Waals surface area contributed by atoms with E-state index in [1.54, 1.807) is 0 Å². The van der Waals surface area contributed by atoms with Crippen LogP contribution in [-0.4, -0.2) is 29.7 Å². The van der Waals surface area contributed by atoms with Crippen molar-refractivity contribution in [3.05, 3.63) is 192 Å². The molecule has 6 aromatic rings. The first kappa shape index (κ1) is 32.4. The van der Waals surface area contributed by atoms with Gasteiger partial charge < -0.3 is 4.74 Å². The molecule has 2 aromatic carbocycles. The highest BCUT2D eigenvalue weighted by molar-refractivity contribution is 5.47.